The van der Waals surface area contributed by atoms with Crippen molar-refractivity contribution in [2.45, 2.75) is 13.5 Å². The van der Waals surface area contributed by atoms with Crippen LogP contribution in [0.15, 0.2) is 57.4 Å². The van der Waals surface area contributed by atoms with Crippen molar-refractivity contribution in [2.24, 2.45) is 4.40 Å². The van der Waals surface area contributed by atoms with E-state index in [1.54, 1.807) is 43.3 Å². The lowest BCUT2D eigenvalue weighted by Gasteiger charge is -2.28. The number of benzene rings is 2. The van der Waals surface area contributed by atoms with E-state index >= 15 is 0 Å². The summed E-state index contributed by atoms with van der Waals surface area (Å²) in [6.07, 6.45) is 1.39. The summed E-state index contributed by atoms with van der Waals surface area (Å²) in [5.74, 6) is -0.810. The fraction of sp³-hybridized carbons (Fsp3) is 0.158. The molecule has 0 aromatic heterocycles. The van der Waals surface area contributed by atoms with Gasteiger partial charge in [0.1, 0.15) is 0 Å². The van der Waals surface area contributed by atoms with Gasteiger partial charge in [-0.25, -0.2) is 9.10 Å². The molecule has 0 saturated heterocycles. The zero-order valence-corrected chi connectivity index (χ0v) is 19.0. The van der Waals surface area contributed by atoms with E-state index in [-0.39, 0.29) is 24.6 Å². The summed E-state index contributed by atoms with van der Waals surface area (Å²) in [6, 6.07) is 11.8. The largest absolute Gasteiger partial charge is 0.461 e. The van der Waals surface area contributed by atoms with Gasteiger partial charge in [0.05, 0.1) is 18.8 Å². The lowest BCUT2D eigenvalue weighted by Crippen LogP contribution is -2.34. The molecule has 0 N–H and O–H groups in total. The van der Waals surface area contributed by atoms with Crippen molar-refractivity contribution in [2.75, 3.05) is 6.61 Å². The second-order valence-electron chi connectivity index (χ2n) is 5.95. The third-order valence-electron chi connectivity index (χ3n) is 3.99. The van der Waals surface area contributed by atoms with E-state index < -0.39 is 16.2 Å². The van der Waals surface area contributed by atoms with E-state index in [1.807, 2.05) is 0 Å². The fourth-order valence-electron chi connectivity index (χ4n) is 2.65. The molecule has 6 nitrogen and oxygen atoms in total. The summed E-state index contributed by atoms with van der Waals surface area (Å²) in [7, 11) is -4.22. The van der Waals surface area contributed by atoms with Crippen molar-refractivity contribution >= 4 is 66.7 Å². The van der Waals surface area contributed by atoms with E-state index in [0.717, 1.165) is 8.78 Å². The Hall–Kier alpha value is -1.87. The summed E-state index contributed by atoms with van der Waals surface area (Å²) in [4.78, 5) is 12.1. The smallest absolute Gasteiger partial charge is 0.357 e. The molecule has 152 valence electrons. The number of halogens is 3. The highest BCUT2D eigenvalue weighted by molar-refractivity contribution is 9.10. The van der Waals surface area contributed by atoms with E-state index in [1.165, 1.54) is 12.1 Å². The zero-order chi connectivity index (χ0) is 21.2. The van der Waals surface area contributed by atoms with Crippen molar-refractivity contribution in [3.05, 3.63) is 74.2 Å². The van der Waals surface area contributed by atoms with E-state index in [9.17, 15) is 13.2 Å². The van der Waals surface area contributed by atoms with Gasteiger partial charge in [-0.1, -0.05) is 57.3 Å². The number of rotatable bonds is 5. The summed E-state index contributed by atoms with van der Waals surface area (Å²) in [5, 5.41) is 0.759. The Morgan fingerprint density at radius 3 is 2.48 bits per heavy atom. The van der Waals surface area contributed by atoms with Crippen LogP contribution in [0.5, 0.6) is 0 Å². The Morgan fingerprint density at radius 2 is 1.86 bits per heavy atom. The Kier molecular flexibility index (Phi) is 6.68. The third kappa shape index (κ3) is 5.01. The summed E-state index contributed by atoms with van der Waals surface area (Å²) < 4.78 is 36.4. The first-order chi connectivity index (χ1) is 13.7. The van der Waals surface area contributed by atoms with Crippen LogP contribution < -0.4 is 0 Å². The van der Waals surface area contributed by atoms with E-state index in [0.29, 0.717) is 21.2 Å². The maximum atomic E-state index is 12.9. The lowest BCUT2D eigenvalue weighted by molar-refractivity contribution is -0.134. The van der Waals surface area contributed by atoms with Gasteiger partial charge in [-0.05, 0) is 48.4 Å². The van der Waals surface area contributed by atoms with E-state index in [4.69, 9.17) is 27.9 Å². The molecule has 1 aliphatic rings. The van der Waals surface area contributed by atoms with Crippen LogP contribution in [0.1, 0.15) is 18.1 Å². The molecule has 0 aliphatic carbocycles. The minimum absolute atomic E-state index is 0.0835. The minimum Gasteiger partial charge on any atom is -0.461 e. The van der Waals surface area contributed by atoms with Crippen LogP contribution in [0.2, 0.25) is 10.0 Å². The number of carbonyl (C=O) groups is 1. The first-order valence-electron chi connectivity index (χ1n) is 8.42. The maximum Gasteiger partial charge on any atom is 0.357 e. The predicted molar refractivity (Wildman–Crippen MR) is 117 cm³/mol. The van der Waals surface area contributed by atoms with Crippen LogP contribution in [-0.4, -0.2) is 31.0 Å². The molecular weight excluding hydrogens is 503 g/mol. The Balaban J connectivity index is 2.10. The van der Waals surface area contributed by atoms with Gasteiger partial charge in [-0.15, -0.1) is 4.40 Å². The number of hydrogen-bond donors (Lipinski definition) is 0. The molecule has 2 aromatic rings. The molecule has 0 spiro atoms. The molecule has 0 bridgehead atoms. The van der Waals surface area contributed by atoms with Crippen LogP contribution >= 0.6 is 39.1 Å². The highest BCUT2D eigenvalue weighted by Crippen LogP contribution is 2.32. The molecule has 1 aliphatic heterocycles. The molecular formula is C19H15BrCl2N2O4S. The van der Waals surface area contributed by atoms with E-state index in [2.05, 4.69) is 20.3 Å². The standard InChI is InChI=1S/C19H15BrCl2N2O4S/c1-2-28-19(25)17-10-18(12-3-6-14(20)7-4-12)24(29(26,27)23-17)11-13-5-8-15(21)9-16(13)22/h3-10H,2,11H2,1H3. The molecule has 0 atom stereocenters. The second-order valence-corrected chi connectivity index (χ2v) is 9.23. The monoisotopic (exact) mass is 516 g/mol. The molecule has 10 heteroatoms. The second kappa shape index (κ2) is 8.87. The molecule has 0 unspecified atom stereocenters. The minimum atomic E-state index is -4.22. The molecule has 2 aromatic carbocycles. The van der Waals surface area contributed by atoms with Crippen LogP contribution in [-0.2, 0) is 26.3 Å². The zero-order valence-electron chi connectivity index (χ0n) is 15.1. The lowest BCUT2D eigenvalue weighted by atomic mass is 10.1. The van der Waals surface area contributed by atoms with Gasteiger partial charge in [0, 0.05) is 14.5 Å². The topological polar surface area (TPSA) is 76.0 Å². The summed E-state index contributed by atoms with van der Waals surface area (Å²) in [6.45, 7) is 1.65. The number of nitrogens with zero attached hydrogens (tertiary/aromatic N) is 2. The fourth-order valence-corrected chi connectivity index (χ4v) is 4.56. The van der Waals surface area contributed by atoms with Gasteiger partial charge in [0.25, 0.3) is 0 Å². The van der Waals surface area contributed by atoms with Crippen molar-refractivity contribution < 1.29 is 17.9 Å². The predicted octanol–water partition coefficient (Wildman–Crippen LogP) is 4.86. The average molecular weight is 518 g/mol. The van der Waals surface area contributed by atoms with Crippen LogP contribution in [0.25, 0.3) is 5.70 Å². The number of esters is 1. The first-order valence-corrected chi connectivity index (χ1v) is 11.4. The average Bonchev–Trinajstić information content (AvgIpc) is 2.65. The van der Waals surface area contributed by atoms with Gasteiger partial charge >= 0.3 is 16.2 Å². The highest BCUT2D eigenvalue weighted by Gasteiger charge is 2.32. The van der Waals surface area contributed by atoms with Crippen LogP contribution in [0.3, 0.4) is 0 Å². The normalized spacial score (nSPS) is 15.5. The molecule has 0 saturated carbocycles. The van der Waals surface area contributed by atoms with Crippen molar-refractivity contribution in [3.63, 3.8) is 0 Å². The van der Waals surface area contributed by atoms with Crippen LogP contribution in [0, 0.1) is 0 Å². The third-order valence-corrected chi connectivity index (χ3v) is 6.41. The molecule has 0 fully saturated rings. The van der Waals surface area contributed by atoms with Gasteiger partial charge in [0.15, 0.2) is 5.71 Å². The van der Waals surface area contributed by atoms with Gasteiger partial charge in [0.2, 0.25) is 0 Å². The summed E-state index contributed by atoms with van der Waals surface area (Å²) in [5.41, 5.74) is 1.11. The molecule has 1 heterocycles. The SMILES string of the molecule is CCOC(=O)C1=NS(=O)(=O)N(Cc2ccc(Cl)cc2Cl)C(c2ccc(Br)cc2)=C1. The van der Waals surface area contributed by atoms with Crippen LogP contribution in [0.4, 0.5) is 0 Å². The summed E-state index contributed by atoms with van der Waals surface area (Å²) >= 11 is 15.5. The number of ether oxygens (including phenoxy) is 1. The number of hydrogen-bond acceptors (Lipinski definition) is 4. The Bertz CT molecular complexity index is 1120. The van der Waals surface area contributed by atoms with Gasteiger partial charge < -0.3 is 4.74 Å². The molecule has 3 rings (SSSR count). The Morgan fingerprint density at radius 1 is 1.17 bits per heavy atom. The Labute approximate surface area is 187 Å². The first kappa shape index (κ1) is 21.8. The van der Waals surface area contributed by atoms with Gasteiger partial charge in [-0.2, -0.15) is 8.42 Å². The number of carbonyl (C=O) groups excluding carboxylic acids is 1. The van der Waals surface area contributed by atoms with Crippen molar-refractivity contribution in [1.82, 2.24) is 4.31 Å². The van der Waals surface area contributed by atoms with Crippen molar-refractivity contribution in [1.29, 1.82) is 0 Å². The highest BCUT2D eigenvalue weighted by atomic mass is 79.9. The maximum absolute atomic E-state index is 12.9. The molecule has 0 radical (unpaired) electrons. The quantitative estimate of drug-likeness (QED) is 0.530. The molecule has 0 amide bonds. The molecule has 29 heavy (non-hydrogen) atoms. The van der Waals surface area contributed by atoms with Crippen molar-refractivity contribution in [3.8, 4) is 0 Å². The van der Waals surface area contributed by atoms with Gasteiger partial charge in [-0.3, -0.25) is 0 Å².